The Morgan fingerprint density at radius 2 is 1.50 bits per heavy atom. The zero-order valence-electron chi connectivity index (χ0n) is 27.9. The van der Waals surface area contributed by atoms with Crippen LogP contribution in [0.15, 0.2) is 42.5 Å². The topological polar surface area (TPSA) is 105 Å². The fourth-order valence-corrected chi connectivity index (χ4v) is 7.33. The molecule has 0 bridgehead atoms. The van der Waals surface area contributed by atoms with Gasteiger partial charge in [0.25, 0.3) is 0 Å². The Hall–Kier alpha value is -4.38. The van der Waals surface area contributed by atoms with Gasteiger partial charge in [0.05, 0.1) is 28.4 Å². The van der Waals surface area contributed by atoms with Crippen molar-refractivity contribution < 1.29 is 32.6 Å². The lowest BCUT2D eigenvalue weighted by Gasteiger charge is -2.48. The van der Waals surface area contributed by atoms with Crippen LogP contribution in [0, 0.1) is 11.6 Å². The minimum absolute atomic E-state index is 0.0185. The number of fused-ring (bicyclic) bond motifs is 4. The summed E-state index contributed by atoms with van der Waals surface area (Å²) in [7, 11) is 0. The van der Waals surface area contributed by atoms with Gasteiger partial charge in [0.2, 0.25) is 5.91 Å². The van der Waals surface area contributed by atoms with Crippen molar-refractivity contribution in [3.8, 4) is 11.1 Å². The summed E-state index contributed by atoms with van der Waals surface area (Å²) in [4.78, 5) is 44.3. The summed E-state index contributed by atoms with van der Waals surface area (Å²) in [5.41, 5.74) is 5.18. The molecule has 1 fully saturated rings. The second kappa shape index (κ2) is 11.6. The maximum Gasteiger partial charge on any atom is 0.414 e. The van der Waals surface area contributed by atoms with Crippen molar-refractivity contribution in [3.05, 3.63) is 81.4 Å². The lowest BCUT2D eigenvalue weighted by atomic mass is 9.82. The van der Waals surface area contributed by atoms with Gasteiger partial charge in [-0.3, -0.25) is 9.69 Å². The van der Waals surface area contributed by atoms with E-state index in [-0.39, 0.29) is 58.9 Å². The first-order valence-corrected chi connectivity index (χ1v) is 16.3. The molecule has 0 radical (unpaired) electrons. The van der Waals surface area contributed by atoms with Crippen LogP contribution in [0.2, 0.25) is 5.02 Å². The lowest BCUT2D eigenvalue weighted by Crippen LogP contribution is -2.60. The fraction of sp³-hybridized carbons (Fsp3) is 0.417. The maximum absolute atomic E-state index is 16.9. The number of benzene rings is 3. The molecular weight excluding hydrogens is 642 g/mol. The van der Waals surface area contributed by atoms with E-state index in [2.05, 4.69) is 0 Å². The van der Waals surface area contributed by atoms with Gasteiger partial charge in [-0.25, -0.2) is 18.4 Å². The number of piperazine rings is 1. The van der Waals surface area contributed by atoms with E-state index in [1.165, 1.54) is 17.0 Å². The van der Waals surface area contributed by atoms with Gasteiger partial charge in [-0.15, -0.1) is 0 Å². The van der Waals surface area contributed by atoms with Gasteiger partial charge in [-0.1, -0.05) is 41.9 Å². The Morgan fingerprint density at radius 1 is 0.854 bits per heavy atom. The average molecular weight is 681 g/mol. The minimum Gasteiger partial charge on any atom is -0.444 e. The largest absolute Gasteiger partial charge is 0.444 e. The van der Waals surface area contributed by atoms with Gasteiger partial charge in [0.1, 0.15) is 22.8 Å². The highest BCUT2D eigenvalue weighted by Crippen LogP contribution is 2.54. The SMILES string of the molecule is CC(C)(C)OC(=O)N1CCN2c3cc(F)c(Cl)c(-c4c(C(N)=O)cc5c(c4F)CCN5C(=O)OC(C)(C)C)c3CC2(c2ccccc2)C1. The van der Waals surface area contributed by atoms with Gasteiger partial charge in [0.15, 0.2) is 0 Å². The summed E-state index contributed by atoms with van der Waals surface area (Å²) in [5.74, 6) is -2.58. The number of anilines is 2. The molecule has 3 aromatic rings. The van der Waals surface area contributed by atoms with Crippen molar-refractivity contribution in [2.75, 3.05) is 36.0 Å². The molecule has 0 aliphatic carbocycles. The third kappa shape index (κ3) is 5.71. The van der Waals surface area contributed by atoms with Crippen molar-refractivity contribution in [1.29, 1.82) is 0 Å². The highest BCUT2D eigenvalue weighted by atomic mass is 35.5. The normalized spacial score (nSPS) is 18.7. The number of carbonyl (C=O) groups is 3. The third-order valence-electron chi connectivity index (χ3n) is 8.94. The molecule has 3 heterocycles. The van der Waals surface area contributed by atoms with Crippen molar-refractivity contribution in [2.24, 2.45) is 5.73 Å². The molecule has 3 aliphatic heterocycles. The number of primary amides is 1. The number of nitrogens with two attached hydrogens (primary N) is 1. The van der Waals surface area contributed by atoms with Crippen LogP contribution in [0.1, 0.15) is 68.6 Å². The van der Waals surface area contributed by atoms with Crippen molar-refractivity contribution in [2.45, 2.75) is 71.1 Å². The van der Waals surface area contributed by atoms with Gasteiger partial charge < -0.3 is 25.0 Å². The Bertz CT molecular complexity index is 1840. The van der Waals surface area contributed by atoms with Crippen molar-refractivity contribution in [1.82, 2.24) is 4.90 Å². The first kappa shape index (κ1) is 33.5. The van der Waals surface area contributed by atoms with Crippen LogP contribution < -0.4 is 15.5 Å². The molecule has 6 rings (SSSR count). The molecule has 0 saturated carbocycles. The molecule has 0 aromatic heterocycles. The predicted octanol–water partition coefficient (Wildman–Crippen LogP) is 7.19. The number of amides is 3. The number of carbonyl (C=O) groups excluding carboxylic acids is 3. The maximum atomic E-state index is 16.9. The van der Waals surface area contributed by atoms with E-state index in [0.717, 1.165) is 5.56 Å². The lowest BCUT2D eigenvalue weighted by molar-refractivity contribution is 0.0164. The molecule has 9 nitrogen and oxygen atoms in total. The first-order valence-electron chi connectivity index (χ1n) is 15.9. The van der Waals surface area contributed by atoms with E-state index >= 15 is 8.78 Å². The van der Waals surface area contributed by atoms with Gasteiger partial charge in [-0.05, 0) is 71.2 Å². The summed E-state index contributed by atoms with van der Waals surface area (Å²) >= 11 is 6.72. The Kier molecular flexibility index (Phi) is 8.13. The van der Waals surface area contributed by atoms with Crippen molar-refractivity contribution >= 4 is 41.1 Å². The van der Waals surface area contributed by atoms with Gasteiger partial charge >= 0.3 is 12.2 Å². The zero-order valence-corrected chi connectivity index (χ0v) is 28.6. The molecule has 3 aliphatic rings. The zero-order chi connectivity index (χ0) is 34.9. The van der Waals surface area contributed by atoms with E-state index in [4.69, 9.17) is 26.8 Å². The Labute approximate surface area is 283 Å². The van der Waals surface area contributed by atoms with Crippen LogP contribution >= 0.6 is 11.6 Å². The molecule has 48 heavy (non-hydrogen) atoms. The molecule has 1 saturated heterocycles. The van der Waals surface area contributed by atoms with Crippen LogP contribution in [0.5, 0.6) is 0 Å². The van der Waals surface area contributed by atoms with E-state index in [9.17, 15) is 14.4 Å². The summed E-state index contributed by atoms with van der Waals surface area (Å²) < 4.78 is 44.0. The summed E-state index contributed by atoms with van der Waals surface area (Å²) in [6, 6.07) is 12.2. The molecule has 0 spiro atoms. The van der Waals surface area contributed by atoms with Crippen LogP contribution in [-0.4, -0.2) is 60.4 Å². The molecular formula is C36H39ClF2N4O5. The highest BCUT2D eigenvalue weighted by molar-refractivity contribution is 6.34. The monoisotopic (exact) mass is 680 g/mol. The second-order valence-electron chi connectivity index (χ2n) is 14.5. The Morgan fingerprint density at radius 3 is 2.12 bits per heavy atom. The van der Waals surface area contributed by atoms with E-state index in [0.29, 0.717) is 24.3 Å². The average Bonchev–Trinajstić information content (AvgIpc) is 3.57. The van der Waals surface area contributed by atoms with E-state index < -0.39 is 46.5 Å². The van der Waals surface area contributed by atoms with Crippen LogP contribution in [0.4, 0.5) is 29.7 Å². The Balaban J connectivity index is 1.53. The summed E-state index contributed by atoms with van der Waals surface area (Å²) in [5, 5.41) is -0.357. The third-order valence-corrected chi connectivity index (χ3v) is 9.31. The number of halogens is 3. The summed E-state index contributed by atoms with van der Waals surface area (Å²) in [6.07, 6.45) is -0.829. The molecule has 3 aromatic carbocycles. The number of hydrogen-bond acceptors (Lipinski definition) is 6. The minimum atomic E-state index is -0.971. The molecule has 1 unspecified atom stereocenters. The highest BCUT2D eigenvalue weighted by Gasteiger charge is 2.52. The molecule has 3 amide bonds. The summed E-state index contributed by atoms with van der Waals surface area (Å²) in [6.45, 7) is 11.5. The van der Waals surface area contributed by atoms with Gasteiger partial charge in [0, 0.05) is 48.4 Å². The predicted molar refractivity (Wildman–Crippen MR) is 180 cm³/mol. The van der Waals surface area contributed by atoms with Crippen LogP contribution in [0.25, 0.3) is 11.1 Å². The van der Waals surface area contributed by atoms with E-state index in [1.807, 2.05) is 35.2 Å². The number of hydrogen-bond donors (Lipinski definition) is 1. The van der Waals surface area contributed by atoms with Crippen LogP contribution in [-0.2, 0) is 27.9 Å². The van der Waals surface area contributed by atoms with Gasteiger partial charge in [-0.2, -0.15) is 0 Å². The second-order valence-corrected chi connectivity index (χ2v) is 14.9. The molecule has 12 heteroatoms. The van der Waals surface area contributed by atoms with Crippen LogP contribution in [0.3, 0.4) is 0 Å². The smallest absolute Gasteiger partial charge is 0.414 e. The molecule has 1 atom stereocenters. The number of nitrogens with zero attached hydrogens (tertiary/aromatic N) is 3. The quantitative estimate of drug-likeness (QED) is 0.314. The first-order chi connectivity index (χ1) is 22.4. The molecule has 254 valence electrons. The standard InChI is InChI=1S/C36H39ClF2N4O5/c1-34(2,3)47-32(45)41-14-15-43-26-17-24(38)29(37)27(23(26)18-36(43,19-41)20-10-8-7-9-11-20)28-22(31(40)44)16-25-21(30(28)39)12-13-42(25)33(46)48-35(4,5)6/h7-11,16-17H,12-15,18-19H2,1-6H3,(H2,40,44). The number of rotatable bonds is 3. The molecule has 2 N–H and O–H groups in total. The van der Waals surface area contributed by atoms with E-state index in [1.54, 1.807) is 46.4 Å². The number of ether oxygens (including phenoxy) is 2. The fourth-order valence-electron chi connectivity index (χ4n) is 7.07. The van der Waals surface area contributed by atoms with Crippen molar-refractivity contribution in [3.63, 3.8) is 0 Å².